The molecule has 0 spiro atoms. The Morgan fingerprint density at radius 1 is 1.12 bits per heavy atom. The molecule has 6 nitrogen and oxygen atoms in total. The first kappa shape index (κ1) is 16.9. The number of carbonyl (C=O) groups excluding carboxylic acids is 2. The van der Waals surface area contributed by atoms with Gasteiger partial charge < -0.3 is 16.0 Å². The van der Waals surface area contributed by atoms with Gasteiger partial charge in [0.2, 0.25) is 5.91 Å². The Morgan fingerprint density at radius 2 is 1.80 bits per heavy atom. The van der Waals surface area contributed by atoms with Crippen LogP contribution in [-0.2, 0) is 4.79 Å². The van der Waals surface area contributed by atoms with E-state index in [2.05, 4.69) is 15.2 Å². The summed E-state index contributed by atoms with van der Waals surface area (Å²) in [6, 6.07) is 7.68. The van der Waals surface area contributed by atoms with Gasteiger partial charge in [0.25, 0.3) is 5.91 Å². The van der Waals surface area contributed by atoms with Gasteiger partial charge in [-0.3, -0.25) is 9.59 Å². The van der Waals surface area contributed by atoms with Crippen LogP contribution in [0, 0.1) is 5.82 Å². The van der Waals surface area contributed by atoms with Gasteiger partial charge in [0.15, 0.2) is 0 Å². The van der Waals surface area contributed by atoms with E-state index in [0.29, 0.717) is 11.1 Å². The SMILES string of the molecule is NC(=O)[C@H](NC(=O)c1ccc(N2CCCC2)nc1)c1ccc(F)cc1. The minimum Gasteiger partial charge on any atom is -0.368 e. The molecule has 1 aromatic heterocycles. The number of benzene rings is 1. The van der Waals surface area contributed by atoms with Gasteiger partial charge >= 0.3 is 0 Å². The van der Waals surface area contributed by atoms with Crippen molar-refractivity contribution >= 4 is 17.6 Å². The topological polar surface area (TPSA) is 88.3 Å². The largest absolute Gasteiger partial charge is 0.368 e. The maximum Gasteiger partial charge on any atom is 0.253 e. The molecule has 7 heteroatoms. The van der Waals surface area contributed by atoms with Crippen molar-refractivity contribution in [1.29, 1.82) is 0 Å². The quantitative estimate of drug-likeness (QED) is 0.867. The van der Waals surface area contributed by atoms with Crippen LogP contribution in [0.4, 0.5) is 10.2 Å². The molecule has 3 N–H and O–H groups in total. The van der Waals surface area contributed by atoms with Crippen molar-refractivity contribution in [3.63, 3.8) is 0 Å². The maximum atomic E-state index is 13.0. The van der Waals surface area contributed by atoms with Crippen molar-refractivity contribution < 1.29 is 14.0 Å². The molecule has 0 aliphatic carbocycles. The maximum absolute atomic E-state index is 13.0. The summed E-state index contributed by atoms with van der Waals surface area (Å²) >= 11 is 0. The number of pyridine rings is 1. The number of hydrogen-bond acceptors (Lipinski definition) is 4. The molecular formula is C18H19FN4O2. The molecule has 3 rings (SSSR count). The summed E-state index contributed by atoms with van der Waals surface area (Å²) in [4.78, 5) is 30.5. The van der Waals surface area contributed by atoms with Crippen LogP contribution in [0.25, 0.3) is 0 Å². The summed E-state index contributed by atoms with van der Waals surface area (Å²) in [7, 11) is 0. The van der Waals surface area contributed by atoms with Crippen LogP contribution in [0.15, 0.2) is 42.6 Å². The highest BCUT2D eigenvalue weighted by molar-refractivity contribution is 5.97. The number of hydrogen-bond donors (Lipinski definition) is 2. The normalized spacial score (nSPS) is 15.0. The second kappa shape index (κ2) is 7.29. The predicted octanol–water partition coefficient (Wildman–Crippen LogP) is 1.78. The molecule has 2 heterocycles. The van der Waals surface area contributed by atoms with E-state index in [1.165, 1.54) is 30.5 Å². The Balaban J connectivity index is 1.72. The fourth-order valence-corrected chi connectivity index (χ4v) is 2.84. The van der Waals surface area contributed by atoms with Crippen LogP contribution in [0.5, 0.6) is 0 Å². The second-order valence-corrected chi connectivity index (χ2v) is 5.96. The zero-order valence-corrected chi connectivity index (χ0v) is 13.6. The fraction of sp³-hybridized carbons (Fsp3) is 0.278. The van der Waals surface area contributed by atoms with Crippen LogP contribution in [-0.4, -0.2) is 29.9 Å². The van der Waals surface area contributed by atoms with E-state index in [4.69, 9.17) is 5.73 Å². The summed E-state index contributed by atoms with van der Waals surface area (Å²) in [5, 5.41) is 2.57. The predicted molar refractivity (Wildman–Crippen MR) is 91.5 cm³/mol. The first-order valence-electron chi connectivity index (χ1n) is 8.11. The summed E-state index contributed by atoms with van der Waals surface area (Å²) in [5.74, 6) is -0.783. The number of nitrogens with zero attached hydrogens (tertiary/aromatic N) is 2. The molecule has 1 fully saturated rings. The average molecular weight is 342 g/mol. The summed E-state index contributed by atoms with van der Waals surface area (Å²) < 4.78 is 13.0. The van der Waals surface area contributed by atoms with E-state index in [1.54, 1.807) is 12.1 Å². The number of aromatic nitrogens is 1. The second-order valence-electron chi connectivity index (χ2n) is 5.96. The lowest BCUT2D eigenvalue weighted by molar-refractivity contribution is -0.120. The molecule has 1 aliphatic heterocycles. The van der Waals surface area contributed by atoms with E-state index >= 15 is 0 Å². The van der Waals surface area contributed by atoms with Gasteiger partial charge in [-0.15, -0.1) is 0 Å². The Labute approximate surface area is 144 Å². The number of carbonyl (C=O) groups is 2. The highest BCUT2D eigenvalue weighted by atomic mass is 19.1. The standard InChI is InChI=1S/C18H19FN4O2/c19-14-6-3-12(4-7-14)16(17(20)24)22-18(25)13-5-8-15(21-11-13)23-9-1-2-10-23/h3-8,11,16H,1-2,9-10H2,(H2,20,24)(H,22,25)/t16-/m1/s1. The third-order valence-electron chi connectivity index (χ3n) is 4.20. The zero-order chi connectivity index (χ0) is 17.8. The first-order chi connectivity index (χ1) is 12.0. The van der Waals surface area contributed by atoms with Crippen molar-refractivity contribution in [1.82, 2.24) is 10.3 Å². The third-order valence-corrected chi connectivity index (χ3v) is 4.20. The van der Waals surface area contributed by atoms with E-state index in [9.17, 15) is 14.0 Å². The Morgan fingerprint density at radius 3 is 2.36 bits per heavy atom. The van der Waals surface area contributed by atoms with Crippen LogP contribution >= 0.6 is 0 Å². The van der Waals surface area contributed by atoms with Gasteiger partial charge in [0.05, 0.1) is 5.56 Å². The molecule has 2 aromatic rings. The van der Waals surface area contributed by atoms with Gasteiger partial charge in [-0.05, 0) is 42.7 Å². The van der Waals surface area contributed by atoms with E-state index in [1.807, 2.05) is 0 Å². The number of halogens is 1. The molecule has 2 amide bonds. The number of nitrogens with two attached hydrogens (primary N) is 1. The molecule has 1 aromatic carbocycles. The van der Waals surface area contributed by atoms with Gasteiger partial charge in [-0.25, -0.2) is 9.37 Å². The number of rotatable bonds is 5. The van der Waals surface area contributed by atoms with Gasteiger partial charge in [-0.2, -0.15) is 0 Å². The van der Waals surface area contributed by atoms with Crippen LogP contribution in [0.3, 0.4) is 0 Å². The van der Waals surface area contributed by atoms with Gasteiger partial charge in [0.1, 0.15) is 17.7 Å². The van der Waals surface area contributed by atoms with Crippen LogP contribution in [0.2, 0.25) is 0 Å². The highest BCUT2D eigenvalue weighted by Gasteiger charge is 2.21. The average Bonchev–Trinajstić information content (AvgIpc) is 3.15. The Hall–Kier alpha value is -2.96. The number of nitrogens with one attached hydrogen (secondary N) is 1. The molecule has 0 unspecified atom stereocenters. The van der Waals surface area contributed by atoms with Gasteiger partial charge in [-0.1, -0.05) is 12.1 Å². The lowest BCUT2D eigenvalue weighted by Crippen LogP contribution is -2.37. The molecule has 130 valence electrons. The summed E-state index contributed by atoms with van der Waals surface area (Å²) in [6.07, 6.45) is 3.76. The number of primary amides is 1. The highest BCUT2D eigenvalue weighted by Crippen LogP contribution is 2.18. The van der Waals surface area contributed by atoms with Crippen LogP contribution < -0.4 is 16.0 Å². The molecule has 25 heavy (non-hydrogen) atoms. The minimum atomic E-state index is -1.04. The Kier molecular flexibility index (Phi) is 4.92. The van der Waals surface area contributed by atoms with Crippen molar-refractivity contribution in [2.75, 3.05) is 18.0 Å². The molecular weight excluding hydrogens is 323 g/mol. The number of amides is 2. The van der Waals surface area contributed by atoms with E-state index < -0.39 is 23.7 Å². The van der Waals surface area contributed by atoms with Crippen molar-refractivity contribution in [2.24, 2.45) is 5.73 Å². The van der Waals surface area contributed by atoms with Crippen molar-refractivity contribution in [3.05, 3.63) is 59.5 Å². The molecule has 0 saturated carbocycles. The van der Waals surface area contributed by atoms with Crippen molar-refractivity contribution in [3.8, 4) is 0 Å². The lowest BCUT2D eigenvalue weighted by atomic mass is 10.1. The monoisotopic (exact) mass is 342 g/mol. The molecule has 1 atom stereocenters. The number of anilines is 1. The van der Waals surface area contributed by atoms with Gasteiger partial charge in [0, 0.05) is 19.3 Å². The summed E-state index contributed by atoms with van der Waals surface area (Å²) in [6.45, 7) is 1.93. The lowest BCUT2D eigenvalue weighted by Gasteiger charge is -2.18. The fourth-order valence-electron chi connectivity index (χ4n) is 2.84. The minimum absolute atomic E-state index is 0.330. The van der Waals surface area contributed by atoms with E-state index in [-0.39, 0.29) is 0 Å². The summed E-state index contributed by atoms with van der Waals surface area (Å²) in [5.41, 5.74) is 6.12. The first-order valence-corrected chi connectivity index (χ1v) is 8.11. The smallest absolute Gasteiger partial charge is 0.253 e. The molecule has 1 aliphatic rings. The van der Waals surface area contributed by atoms with Crippen LogP contribution in [0.1, 0.15) is 34.8 Å². The Bertz CT molecular complexity index is 756. The zero-order valence-electron chi connectivity index (χ0n) is 13.6. The van der Waals surface area contributed by atoms with Crippen molar-refractivity contribution in [2.45, 2.75) is 18.9 Å². The third kappa shape index (κ3) is 3.93. The molecule has 1 saturated heterocycles. The molecule has 0 radical (unpaired) electrons. The van der Waals surface area contributed by atoms with E-state index in [0.717, 1.165) is 31.7 Å². The molecule has 0 bridgehead atoms.